The molecule has 1 atom stereocenters. The van der Waals surface area contributed by atoms with Gasteiger partial charge in [-0.2, -0.15) is 13.2 Å². The van der Waals surface area contributed by atoms with Gasteiger partial charge in [0.2, 0.25) is 5.91 Å². The molecule has 10 heteroatoms. The topological polar surface area (TPSA) is 71.4 Å². The third-order valence-corrected chi connectivity index (χ3v) is 8.34. The molecule has 0 bridgehead atoms. The highest BCUT2D eigenvalue weighted by Gasteiger charge is 2.33. The summed E-state index contributed by atoms with van der Waals surface area (Å²) in [6.07, 6.45) is -0.139. The average Bonchev–Trinajstić information content (AvgIpc) is 3.40. The Kier molecular flexibility index (Phi) is 5.56. The van der Waals surface area contributed by atoms with E-state index in [1.807, 2.05) is 13.0 Å². The Balaban J connectivity index is 1.68. The van der Waals surface area contributed by atoms with E-state index in [2.05, 4.69) is 5.32 Å². The molecule has 1 N–H and O–H groups in total. The van der Waals surface area contributed by atoms with Gasteiger partial charge >= 0.3 is 6.18 Å². The van der Waals surface area contributed by atoms with Crippen LogP contribution < -0.4 is 10.2 Å². The molecule has 1 amide bonds. The number of hydrogen-bond donors (Lipinski definition) is 1. The second kappa shape index (κ2) is 8.23. The minimum absolute atomic E-state index is 0.0256. The lowest BCUT2D eigenvalue weighted by Crippen LogP contribution is -2.29. The van der Waals surface area contributed by atoms with Gasteiger partial charge in [0.1, 0.15) is 0 Å². The molecule has 2 aliphatic heterocycles. The molecule has 184 valence electrons. The number of hydrogen-bond acceptors (Lipinski definition) is 4. The van der Waals surface area contributed by atoms with Gasteiger partial charge in [-0.15, -0.1) is 0 Å². The van der Waals surface area contributed by atoms with Gasteiger partial charge < -0.3 is 10.2 Å². The number of aromatic nitrogens is 1. The SMILES string of the molecule is CC(=O)N1CCc2cc(S(=O)(=O)n3cc(C4=CCNC(C)C4)c4cc(C(F)(F)F)ccc43)ccc21. The number of fused-ring (bicyclic) bond motifs is 2. The zero-order valence-corrected chi connectivity index (χ0v) is 20.0. The third-order valence-electron chi connectivity index (χ3n) is 6.67. The molecule has 1 aromatic heterocycles. The second-order valence-electron chi connectivity index (χ2n) is 9.03. The minimum Gasteiger partial charge on any atom is -0.312 e. The standard InChI is InChI=1S/C25H24F3N3O3S/c1-15-11-17(7-9-29-15)22-14-31(24-5-3-19(13-21(22)24)25(26,27)28)35(33,34)20-4-6-23-18(12-20)8-10-30(23)16(2)32/h3-7,12-15,29H,8-11H2,1-2H3. The van der Waals surface area contributed by atoms with Crippen molar-refractivity contribution in [1.82, 2.24) is 9.29 Å². The summed E-state index contributed by atoms with van der Waals surface area (Å²) in [5, 5.41) is 3.50. The molecular formula is C25H24F3N3O3S. The lowest BCUT2D eigenvalue weighted by Gasteiger charge is -2.20. The smallest absolute Gasteiger partial charge is 0.312 e. The third kappa shape index (κ3) is 4.04. The Bertz CT molecular complexity index is 1490. The van der Waals surface area contributed by atoms with E-state index in [4.69, 9.17) is 0 Å². The van der Waals surface area contributed by atoms with Crippen LogP contribution in [-0.4, -0.2) is 37.4 Å². The fourth-order valence-corrected chi connectivity index (χ4v) is 6.32. The molecule has 6 nitrogen and oxygen atoms in total. The van der Waals surface area contributed by atoms with Crippen LogP contribution >= 0.6 is 0 Å². The Morgan fingerprint density at radius 1 is 1.14 bits per heavy atom. The first kappa shape index (κ1) is 23.6. The van der Waals surface area contributed by atoms with Crippen molar-refractivity contribution >= 4 is 38.1 Å². The van der Waals surface area contributed by atoms with E-state index in [1.54, 1.807) is 17.0 Å². The van der Waals surface area contributed by atoms with Gasteiger partial charge in [-0.3, -0.25) is 4.79 Å². The first-order chi connectivity index (χ1) is 16.5. The molecule has 3 heterocycles. The maximum atomic E-state index is 13.7. The number of carbonyl (C=O) groups excluding carboxylic acids is 1. The number of anilines is 1. The van der Waals surface area contributed by atoms with Crippen LogP contribution in [0.25, 0.3) is 16.5 Å². The summed E-state index contributed by atoms with van der Waals surface area (Å²) < 4.78 is 69.0. The molecule has 0 saturated carbocycles. The van der Waals surface area contributed by atoms with Crippen LogP contribution in [-0.2, 0) is 27.4 Å². The van der Waals surface area contributed by atoms with Crippen LogP contribution in [0.1, 0.15) is 37.0 Å². The Hall–Kier alpha value is -3.11. The van der Waals surface area contributed by atoms with E-state index in [9.17, 15) is 26.4 Å². The van der Waals surface area contributed by atoms with Gasteiger partial charge in [0.25, 0.3) is 10.0 Å². The normalized spacial score (nSPS) is 18.6. The largest absolute Gasteiger partial charge is 0.416 e. The van der Waals surface area contributed by atoms with Crippen molar-refractivity contribution in [2.45, 2.75) is 43.8 Å². The highest BCUT2D eigenvalue weighted by atomic mass is 32.2. The molecule has 0 radical (unpaired) electrons. The molecule has 3 aromatic rings. The van der Waals surface area contributed by atoms with Gasteiger partial charge in [0.05, 0.1) is 16.0 Å². The predicted octanol–water partition coefficient (Wildman–Crippen LogP) is 4.57. The number of benzene rings is 2. The number of nitrogens with one attached hydrogen (secondary N) is 1. The number of nitrogens with zero attached hydrogens (tertiary/aromatic N) is 2. The molecule has 0 saturated heterocycles. The van der Waals surface area contributed by atoms with Crippen molar-refractivity contribution in [3.8, 4) is 0 Å². The molecule has 0 aliphatic carbocycles. The minimum atomic E-state index is -4.55. The number of halogens is 3. The maximum absolute atomic E-state index is 13.7. The van der Waals surface area contributed by atoms with Crippen molar-refractivity contribution in [2.24, 2.45) is 0 Å². The van der Waals surface area contributed by atoms with Gasteiger partial charge in [0, 0.05) is 48.9 Å². The van der Waals surface area contributed by atoms with Crippen molar-refractivity contribution in [2.75, 3.05) is 18.0 Å². The second-order valence-corrected chi connectivity index (χ2v) is 10.8. The summed E-state index contributed by atoms with van der Waals surface area (Å²) in [7, 11) is -4.12. The molecule has 1 unspecified atom stereocenters. The van der Waals surface area contributed by atoms with Crippen molar-refractivity contribution in [3.05, 3.63) is 65.4 Å². The lowest BCUT2D eigenvalue weighted by atomic mass is 9.95. The first-order valence-electron chi connectivity index (χ1n) is 11.3. The monoisotopic (exact) mass is 503 g/mol. The molecule has 35 heavy (non-hydrogen) atoms. The highest BCUT2D eigenvalue weighted by molar-refractivity contribution is 7.90. The van der Waals surface area contributed by atoms with Crippen molar-refractivity contribution in [3.63, 3.8) is 0 Å². The fraction of sp³-hybridized carbons (Fsp3) is 0.320. The number of alkyl halides is 3. The molecule has 5 rings (SSSR count). The highest BCUT2D eigenvalue weighted by Crippen LogP contribution is 2.38. The van der Waals surface area contributed by atoms with Gasteiger partial charge in [0.15, 0.2) is 0 Å². The summed E-state index contributed by atoms with van der Waals surface area (Å²) in [6, 6.07) is 7.86. The summed E-state index contributed by atoms with van der Waals surface area (Å²) in [5.74, 6) is -0.120. The van der Waals surface area contributed by atoms with Crippen LogP contribution in [0.15, 0.2) is 53.6 Å². The Labute approximate surface area is 201 Å². The first-order valence-corrected chi connectivity index (χ1v) is 12.7. The molecular weight excluding hydrogens is 479 g/mol. The summed E-state index contributed by atoms with van der Waals surface area (Å²) in [6.45, 7) is 4.45. The fourth-order valence-electron chi connectivity index (χ4n) is 4.90. The molecule has 2 aromatic carbocycles. The number of rotatable bonds is 3. The summed E-state index contributed by atoms with van der Waals surface area (Å²) in [4.78, 5) is 13.5. The van der Waals surface area contributed by atoms with E-state index < -0.39 is 21.8 Å². The van der Waals surface area contributed by atoms with Crippen LogP contribution in [0.3, 0.4) is 0 Å². The van der Waals surface area contributed by atoms with Gasteiger partial charge in [-0.05, 0) is 67.3 Å². The number of amides is 1. The molecule has 2 aliphatic rings. The van der Waals surface area contributed by atoms with E-state index in [1.165, 1.54) is 25.3 Å². The zero-order chi connectivity index (χ0) is 25.1. The Morgan fingerprint density at radius 2 is 1.91 bits per heavy atom. The quantitative estimate of drug-likeness (QED) is 0.569. The van der Waals surface area contributed by atoms with Crippen LogP contribution in [0, 0.1) is 0 Å². The van der Waals surface area contributed by atoms with Crippen LogP contribution in [0.5, 0.6) is 0 Å². The van der Waals surface area contributed by atoms with Crippen molar-refractivity contribution < 1.29 is 26.4 Å². The lowest BCUT2D eigenvalue weighted by molar-refractivity contribution is -0.137. The van der Waals surface area contributed by atoms with Gasteiger partial charge in [-0.1, -0.05) is 6.08 Å². The van der Waals surface area contributed by atoms with E-state index >= 15 is 0 Å². The van der Waals surface area contributed by atoms with E-state index in [0.717, 1.165) is 27.2 Å². The van der Waals surface area contributed by atoms with E-state index in [0.29, 0.717) is 37.2 Å². The summed E-state index contributed by atoms with van der Waals surface area (Å²) >= 11 is 0. The van der Waals surface area contributed by atoms with Crippen LogP contribution in [0.2, 0.25) is 0 Å². The van der Waals surface area contributed by atoms with Crippen LogP contribution in [0.4, 0.5) is 18.9 Å². The predicted molar refractivity (Wildman–Crippen MR) is 128 cm³/mol. The zero-order valence-electron chi connectivity index (χ0n) is 19.2. The Morgan fingerprint density at radius 3 is 2.60 bits per heavy atom. The maximum Gasteiger partial charge on any atom is 0.416 e. The van der Waals surface area contributed by atoms with E-state index in [-0.39, 0.29) is 27.7 Å². The molecule has 0 fully saturated rings. The average molecular weight is 504 g/mol. The van der Waals surface area contributed by atoms with Gasteiger partial charge in [-0.25, -0.2) is 12.4 Å². The van der Waals surface area contributed by atoms with Crippen molar-refractivity contribution in [1.29, 1.82) is 0 Å². The molecule has 0 spiro atoms. The number of carbonyl (C=O) groups is 1. The summed E-state index contributed by atoms with van der Waals surface area (Å²) in [5.41, 5.74) is 2.06.